The maximum Gasteiger partial charge on any atom is 0.156 e. The van der Waals surface area contributed by atoms with Crippen molar-refractivity contribution in [3.63, 3.8) is 0 Å². The van der Waals surface area contributed by atoms with Crippen LogP contribution in [-0.2, 0) is 6.54 Å². The van der Waals surface area contributed by atoms with Gasteiger partial charge >= 0.3 is 0 Å². The molecule has 1 aromatic carbocycles. The van der Waals surface area contributed by atoms with Crippen molar-refractivity contribution >= 4 is 17.8 Å². The van der Waals surface area contributed by atoms with Crippen LogP contribution in [0.2, 0.25) is 0 Å². The zero-order valence-corrected chi connectivity index (χ0v) is 9.87. The zero-order valence-electron chi connectivity index (χ0n) is 9.87. The van der Waals surface area contributed by atoms with Gasteiger partial charge in [-0.3, -0.25) is 0 Å². The van der Waals surface area contributed by atoms with Gasteiger partial charge in [-0.2, -0.15) is 0 Å². The summed E-state index contributed by atoms with van der Waals surface area (Å²) in [5, 5.41) is 7.98. The highest BCUT2D eigenvalue weighted by molar-refractivity contribution is 5.67. The molecule has 0 aliphatic heterocycles. The molecule has 4 heteroatoms. The molecule has 88 valence electrons. The largest absolute Gasteiger partial charge is 0.399 e. The van der Waals surface area contributed by atoms with E-state index in [0.717, 1.165) is 30.0 Å². The molecule has 0 amide bonds. The highest BCUT2D eigenvalue weighted by atomic mass is 15.3. The van der Waals surface area contributed by atoms with E-state index >= 15 is 0 Å². The highest BCUT2D eigenvalue weighted by Gasteiger charge is 1.98. The first-order valence-corrected chi connectivity index (χ1v) is 5.71. The third-order valence-electron chi connectivity index (χ3n) is 2.47. The quantitative estimate of drug-likeness (QED) is 0.818. The SMILES string of the molecule is CCCn1cnnc1/C=C/c1ccc(N)cc1. The number of hydrogen-bond acceptors (Lipinski definition) is 3. The number of aromatic nitrogens is 3. The standard InChI is InChI=1S/C13H16N4/c1-2-9-17-10-15-16-13(17)8-5-11-3-6-12(14)7-4-11/h3-8,10H,2,9,14H2,1H3/b8-5+. The van der Waals surface area contributed by atoms with Gasteiger partial charge in [0.2, 0.25) is 0 Å². The van der Waals surface area contributed by atoms with Crippen molar-refractivity contribution in [3.05, 3.63) is 42.0 Å². The molecule has 1 aromatic heterocycles. The molecule has 0 spiro atoms. The van der Waals surface area contributed by atoms with Gasteiger partial charge in [-0.1, -0.05) is 25.1 Å². The van der Waals surface area contributed by atoms with Crippen LogP contribution in [0.25, 0.3) is 12.2 Å². The van der Waals surface area contributed by atoms with Crippen molar-refractivity contribution in [2.24, 2.45) is 0 Å². The second-order valence-corrected chi connectivity index (χ2v) is 3.88. The second kappa shape index (κ2) is 5.30. The first kappa shape index (κ1) is 11.4. The fraction of sp³-hybridized carbons (Fsp3) is 0.231. The summed E-state index contributed by atoms with van der Waals surface area (Å²) in [5.41, 5.74) is 7.51. The fourth-order valence-corrected chi connectivity index (χ4v) is 1.58. The molecule has 0 unspecified atom stereocenters. The number of rotatable bonds is 4. The van der Waals surface area contributed by atoms with Crippen LogP contribution in [-0.4, -0.2) is 14.8 Å². The van der Waals surface area contributed by atoms with Crippen LogP contribution in [0, 0.1) is 0 Å². The second-order valence-electron chi connectivity index (χ2n) is 3.88. The lowest BCUT2D eigenvalue weighted by molar-refractivity contribution is 0.671. The van der Waals surface area contributed by atoms with Crippen molar-refractivity contribution in [2.75, 3.05) is 5.73 Å². The van der Waals surface area contributed by atoms with Gasteiger partial charge in [-0.15, -0.1) is 10.2 Å². The van der Waals surface area contributed by atoms with Crippen molar-refractivity contribution in [3.8, 4) is 0 Å². The van der Waals surface area contributed by atoms with Crippen LogP contribution in [0.5, 0.6) is 0 Å². The molecule has 2 rings (SSSR count). The summed E-state index contributed by atoms with van der Waals surface area (Å²) >= 11 is 0. The molecule has 4 nitrogen and oxygen atoms in total. The van der Waals surface area contributed by atoms with Gasteiger partial charge in [0.25, 0.3) is 0 Å². The Morgan fingerprint density at radius 1 is 1.24 bits per heavy atom. The Morgan fingerprint density at radius 3 is 2.71 bits per heavy atom. The summed E-state index contributed by atoms with van der Waals surface area (Å²) < 4.78 is 2.04. The van der Waals surface area contributed by atoms with E-state index in [9.17, 15) is 0 Å². The normalized spacial score (nSPS) is 11.1. The van der Waals surface area contributed by atoms with E-state index in [0.29, 0.717) is 0 Å². The summed E-state index contributed by atoms with van der Waals surface area (Å²) in [4.78, 5) is 0. The van der Waals surface area contributed by atoms with E-state index in [1.807, 2.05) is 41.0 Å². The van der Waals surface area contributed by atoms with Gasteiger partial charge in [0.1, 0.15) is 6.33 Å². The predicted octanol–water partition coefficient (Wildman–Crippen LogP) is 2.44. The first-order chi connectivity index (χ1) is 8.29. The Morgan fingerprint density at radius 2 is 2.00 bits per heavy atom. The van der Waals surface area contributed by atoms with Gasteiger partial charge in [0.05, 0.1) is 0 Å². The molecule has 1 heterocycles. The van der Waals surface area contributed by atoms with Crippen LogP contribution >= 0.6 is 0 Å². The summed E-state index contributed by atoms with van der Waals surface area (Å²) in [6, 6.07) is 7.73. The molecule has 0 aliphatic rings. The number of nitrogens with two attached hydrogens (primary N) is 1. The van der Waals surface area contributed by atoms with Crippen molar-refractivity contribution in [2.45, 2.75) is 19.9 Å². The van der Waals surface area contributed by atoms with Crippen LogP contribution in [0.3, 0.4) is 0 Å². The lowest BCUT2D eigenvalue weighted by Crippen LogP contribution is -1.97. The van der Waals surface area contributed by atoms with E-state index < -0.39 is 0 Å². The van der Waals surface area contributed by atoms with Crippen LogP contribution in [0.15, 0.2) is 30.6 Å². The van der Waals surface area contributed by atoms with Crippen LogP contribution in [0.4, 0.5) is 5.69 Å². The third kappa shape index (κ3) is 2.93. The maximum absolute atomic E-state index is 5.63. The van der Waals surface area contributed by atoms with E-state index in [1.165, 1.54) is 0 Å². The molecule has 0 bridgehead atoms. The molecule has 17 heavy (non-hydrogen) atoms. The monoisotopic (exact) mass is 228 g/mol. The molecule has 0 saturated heterocycles. The minimum atomic E-state index is 0.774. The lowest BCUT2D eigenvalue weighted by atomic mass is 10.2. The first-order valence-electron chi connectivity index (χ1n) is 5.71. The number of hydrogen-bond donors (Lipinski definition) is 1. The van der Waals surface area contributed by atoms with E-state index in [-0.39, 0.29) is 0 Å². The molecule has 0 radical (unpaired) electrons. The smallest absolute Gasteiger partial charge is 0.156 e. The van der Waals surface area contributed by atoms with Crippen molar-refractivity contribution in [1.29, 1.82) is 0 Å². The van der Waals surface area contributed by atoms with Crippen LogP contribution in [0.1, 0.15) is 24.7 Å². The summed E-state index contributed by atoms with van der Waals surface area (Å²) in [5.74, 6) is 0.878. The van der Waals surface area contributed by atoms with Gasteiger partial charge in [-0.25, -0.2) is 0 Å². The van der Waals surface area contributed by atoms with Gasteiger partial charge < -0.3 is 10.3 Å². The number of benzene rings is 1. The Bertz CT molecular complexity index is 496. The molecule has 2 aromatic rings. The van der Waals surface area contributed by atoms with E-state index in [2.05, 4.69) is 17.1 Å². The summed E-state index contributed by atoms with van der Waals surface area (Å²) in [6.45, 7) is 3.07. The maximum atomic E-state index is 5.63. The average molecular weight is 228 g/mol. The molecule has 0 saturated carbocycles. The summed E-state index contributed by atoms with van der Waals surface area (Å²) in [6.07, 6.45) is 6.80. The van der Waals surface area contributed by atoms with Crippen molar-refractivity contribution < 1.29 is 0 Å². The molecule has 2 N–H and O–H groups in total. The number of nitrogen functional groups attached to an aromatic ring is 1. The molecular weight excluding hydrogens is 212 g/mol. The Kier molecular flexibility index (Phi) is 3.55. The Labute approximate surface area is 101 Å². The number of nitrogens with zero attached hydrogens (tertiary/aromatic N) is 3. The van der Waals surface area contributed by atoms with Crippen molar-refractivity contribution in [1.82, 2.24) is 14.8 Å². The summed E-state index contributed by atoms with van der Waals surface area (Å²) in [7, 11) is 0. The van der Waals surface area contributed by atoms with Gasteiger partial charge in [0.15, 0.2) is 5.82 Å². The average Bonchev–Trinajstić information content (AvgIpc) is 2.77. The zero-order chi connectivity index (χ0) is 12.1. The lowest BCUT2D eigenvalue weighted by Gasteiger charge is -2.00. The molecule has 0 aliphatic carbocycles. The number of aryl methyl sites for hydroxylation is 1. The topological polar surface area (TPSA) is 56.7 Å². The predicted molar refractivity (Wildman–Crippen MR) is 70.1 cm³/mol. The molecular formula is C13H16N4. The third-order valence-corrected chi connectivity index (χ3v) is 2.47. The van der Waals surface area contributed by atoms with Gasteiger partial charge in [0, 0.05) is 12.2 Å². The minimum absolute atomic E-state index is 0.774. The Hall–Kier alpha value is -2.10. The fourth-order valence-electron chi connectivity index (χ4n) is 1.58. The minimum Gasteiger partial charge on any atom is -0.399 e. The van der Waals surface area contributed by atoms with Gasteiger partial charge in [-0.05, 0) is 30.2 Å². The van der Waals surface area contributed by atoms with E-state index in [4.69, 9.17) is 5.73 Å². The van der Waals surface area contributed by atoms with E-state index in [1.54, 1.807) is 6.33 Å². The highest BCUT2D eigenvalue weighted by Crippen LogP contribution is 2.09. The molecule has 0 atom stereocenters. The Balaban J connectivity index is 2.14. The van der Waals surface area contributed by atoms with Crippen LogP contribution < -0.4 is 5.73 Å². The number of anilines is 1. The molecule has 0 fully saturated rings.